The molecule has 0 aromatic carbocycles. The van der Waals surface area contributed by atoms with Crippen molar-refractivity contribution in [1.29, 1.82) is 0 Å². The summed E-state index contributed by atoms with van der Waals surface area (Å²) in [5.74, 6) is -0.904. The number of nitrogens with one attached hydrogen (secondary N) is 1. The van der Waals surface area contributed by atoms with Crippen LogP contribution in [0.4, 0.5) is 0 Å². The summed E-state index contributed by atoms with van der Waals surface area (Å²) in [5, 5.41) is 3.35. The van der Waals surface area contributed by atoms with E-state index in [9.17, 15) is 9.59 Å². The Bertz CT molecular complexity index is 519. The van der Waals surface area contributed by atoms with Crippen LogP contribution in [0.5, 0.6) is 0 Å². The van der Waals surface area contributed by atoms with Gasteiger partial charge >= 0.3 is 11.9 Å². The van der Waals surface area contributed by atoms with Crippen LogP contribution < -0.4 is 5.09 Å². The van der Waals surface area contributed by atoms with Crippen LogP contribution in [0.2, 0.25) is 0 Å². The summed E-state index contributed by atoms with van der Waals surface area (Å²) in [6.07, 6.45) is -0.638. The quantitative estimate of drug-likeness (QED) is 0.0999. The van der Waals surface area contributed by atoms with Crippen molar-refractivity contribution in [2.75, 3.05) is 66.2 Å². The Kier molecular flexibility index (Phi) is 20.8. The third kappa shape index (κ3) is 18.4. The lowest BCUT2D eigenvalue weighted by Crippen LogP contribution is -2.37. The van der Waals surface area contributed by atoms with E-state index in [0.717, 1.165) is 0 Å². The molecule has 0 aliphatic rings. The number of ether oxygens (including phenoxy) is 6. The van der Waals surface area contributed by atoms with Gasteiger partial charge in [-0.25, -0.2) is 9.76 Å². The second-order valence-corrected chi connectivity index (χ2v) is 9.38. The zero-order chi connectivity index (χ0) is 25.8. The first-order chi connectivity index (χ1) is 16.2. The van der Waals surface area contributed by atoms with Crippen LogP contribution in [0.15, 0.2) is 0 Å². The number of hydrogen-bond donors (Lipinski definition) is 1. The first-order valence-corrected chi connectivity index (χ1v) is 13.0. The maximum Gasteiger partial charge on any atom is 0.303 e. The monoisotopic (exact) mass is 512 g/mol. The molecule has 1 unspecified atom stereocenters. The molecule has 12 heteroatoms. The number of hydrogen-bond acceptors (Lipinski definition) is 11. The Balaban J connectivity index is 3.96. The van der Waals surface area contributed by atoms with E-state index in [1.807, 2.05) is 6.92 Å². The van der Waals surface area contributed by atoms with Gasteiger partial charge in [-0.05, 0) is 34.6 Å². The Labute approximate surface area is 206 Å². The molecule has 0 aliphatic heterocycles. The molecule has 202 valence electrons. The predicted molar refractivity (Wildman–Crippen MR) is 129 cm³/mol. The van der Waals surface area contributed by atoms with Gasteiger partial charge in [0.25, 0.3) is 0 Å². The summed E-state index contributed by atoms with van der Waals surface area (Å²) < 4.78 is 40.2. The standard InChI is InChI=1S/C22H45N2O9P/c1-8-27-17-23-34(24(18(2)3)19(4)5)32-14-13-29-10-9-28-11-12-30-15-22(33-21(7)26)16-31-20(6)25/h18-19,22-23H,8-17H2,1-7H3/t22-,34?/m0/s1. The maximum absolute atomic E-state index is 11.1. The van der Waals surface area contributed by atoms with Gasteiger partial charge in [0.1, 0.15) is 13.3 Å². The lowest BCUT2D eigenvalue weighted by molar-refractivity contribution is -0.160. The molecule has 0 fully saturated rings. The lowest BCUT2D eigenvalue weighted by atomic mass is 10.3. The zero-order valence-corrected chi connectivity index (χ0v) is 22.8. The molecular formula is C22H45N2O9P. The van der Waals surface area contributed by atoms with Gasteiger partial charge in [-0.2, -0.15) is 0 Å². The van der Waals surface area contributed by atoms with Crippen LogP contribution in [0.1, 0.15) is 48.5 Å². The van der Waals surface area contributed by atoms with Crippen molar-refractivity contribution in [2.24, 2.45) is 0 Å². The Morgan fingerprint density at radius 2 is 1.35 bits per heavy atom. The molecule has 2 atom stereocenters. The van der Waals surface area contributed by atoms with Gasteiger partial charge in [0.05, 0.1) is 46.2 Å². The third-order valence-electron chi connectivity index (χ3n) is 4.07. The highest BCUT2D eigenvalue weighted by atomic mass is 31.2. The van der Waals surface area contributed by atoms with E-state index >= 15 is 0 Å². The minimum atomic E-state index is -0.995. The molecule has 0 saturated heterocycles. The second-order valence-electron chi connectivity index (χ2n) is 7.80. The molecular weight excluding hydrogens is 467 g/mol. The van der Waals surface area contributed by atoms with Crippen molar-refractivity contribution >= 4 is 20.4 Å². The largest absolute Gasteiger partial charge is 0.462 e. The Morgan fingerprint density at radius 3 is 1.85 bits per heavy atom. The van der Waals surface area contributed by atoms with Gasteiger partial charge in [0.2, 0.25) is 0 Å². The highest BCUT2D eigenvalue weighted by Crippen LogP contribution is 2.40. The van der Waals surface area contributed by atoms with E-state index in [1.165, 1.54) is 13.8 Å². The summed E-state index contributed by atoms with van der Waals surface area (Å²) in [4.78, 5) is 22.0. The van der Waals surface area contributed by atoms with Crippen molar-refractivity contribution < 1.29 is 42.5 Å². The van der Waals surface area contributed by atoms with Crippen LogP contribution in [0.25, 0.3) is 0 Å². The number of nitrogens with zero attached hydrogens (tertiary/aromatic N) is 1. The second kappa shape index (κ2) is 21.4. The molecule has 0 heterocycles. The maximum atomic E-state index is 11.1. The number of carbonyl (C=O) groups excluding carboxylic acids is 2. The highest BCUT2D eigenvalue weighted by molar-refractivity contribution is 7.47. The van der Waals surface area contributed by atoms with Crippen LogP contribution in [-0.4, -0.2) is 101 Å². The fraction of sp³-hybridized carbons (Fsp3) is 0.909. The van der Waals surface area contributed by atoms with Gasteiger partial charge in [-0.3, -0.25) is 9.59 Å². The molecule has 0 saturated carbocycles. The summed E-state index contributed by atoms with van der Waals surface area (Å²) in [7, 11) is -0.995. The molecule has 0 spiro atoms. The average Bonchev–Trinajstić information content (AvgIpc) is 2.74. The predicted octanol–water partition coefficient (Wildman–Crippen LogP) is 2.48. The number of esters is 2. The molecule has 0 amide bonds. The highest BCUT2D eigenvalue weighted by Gasteiger charge is 2.25. The molecule has 11 nitrogen and oxygen atoms in total. The van der Waals surface area contributed by atoms with E-state index < -0.39 is 26.5 Å². The normalized spacial score (nSPS) is 13.5. The van der Waals surface area contributed by atoms with Crippen molar-refractivity contribution in [2.45, 2.75) is 66.7 Å². The van der Waals surface area contributed by atoms with Crippen LogP contribution in [0, 0.1) is 0 Å². The molecule has 0 radical (unpaired) electrons. The van der Waals surface area contributed by atoms with Crippen molar-refractivity contribution in [3.8, 4) is 0 Å². The third-order valence-corrected chi connectivity index (χ3v) is 6.24. The average molecular weight is 513 g/mol. The van der Waals surface area contributed by atoms with E-state index in [4.69, 9.17) is 32.9 Å². The van der Waals surface area contributed by atoms with Gasteiger partial charge in [-0.15, -0.1) is 0 Å². The number of rotatable bonds is 22. The minimum absolute atomic E-state index is 0.0406. The summed E-state index contributed by atoms with van der Waals surface area (Å²) in [5.41, 5.74) is 0. The van der Waals surface area contributed by atoms with Crippen molar-refractivity contribution in [3.63, 3.8) is 0 Å². The molecule has 0 rings (SSSR count). The van der Waals surface area contributed by atoms with Crippen LogP contribution >= 0.6 is 8.45 Å². The Morgan fingerprint density at radius 1 is 0.794 bits per heavy atom. The first-order valence-electron chi connectivity index (χ1n) is 11.7. The van der Waals surface area contributed by atoms with Crippen molar-refractivity contribution in [3.05, 3.63) is 0 Å². The molecule has 0 bridgehead atoms. The van der Waals surface area contributed by atoms with E-state index in [1.54, 1.807) is 0 Å². The smallest absolute Gasteiger partial charge is 0.303 e. The van der Waals surface area contributed by atoms with Gasteiger partial charge < -0.3 is 32.9 Å². The van der Waals surface area contributed by atoms with Gasteiger partial charge in [-0.1, -0.05) is 0 Å². The minimum Gasteiger partial charge on any atom is -0.462 e. The zero-order valence-electron chi connectivity index (χ0n) is 21.9. The van der Waals surface area contributed by atoms with E-state index in [2.05, 4.69) is 37.5 Å². The molecule has 0 aromatic heterocycles. The summed E-state index contributed by atoms with van der Waals surface area (Å²) in [6.45, 7) is 16.8. The Hall–Kier alpha value is -0.910. The van der Waals surface area contributed by atoms with Gasteiger partial charge in [0, 0.05) is 32.5 Å². The first kappa shape index (κ1) is 33.1. The van der Waals surface area contributed by atoms with Crippen molar-refractivity contribution in [1.82, 2.24) is 9.76 Å². The summed E-state index contributed by atoms with van der Waals surface area (Å²) in [6, 6.07) is 0.672. The molecule has 0 aliphatic carbocycles. The fourth-order valence-electron chi connectivity index (χ4n) is 2.81. The molecule has 1 N–H and O–H groups in total. The number of carbonyl (C=O) groups is 2. The topological polar surface area (TPSA) is 114 Å². The SMILES string of the molecule is CCOCNP(OCCOCCOCCOC[C@@H](COC(C)=O)OC(C)=O)N(C(C)C)C(C)C. The van der Waals surface area contributed by atoms with Crippen LogP contribution in [-0.2, 0) is 42.5 Å². The summed E-state index contributed by atoms with van der Waals surface area (Å²) >= 11 is 0. The molecule has 34 heavy (non-hydrogen) atoms. The van der Waals surface area contributed by atoms with E-state index in [-0.39, 0.29) is 13.2 Å². The lowest BCUT2D eigenvalue weighted by Gasteiger charge is -2.36. The van der Waals surface area contributed by atoms with Gasteiger partial charge in [0.15, 0.2) is 14.6 Å². The van der Waals surface area contributed by atoms with Crippen LogP contribution in [0.3, 0.4) is 0 Å². The fourth-order valence-corrected chi connectivity index (χ4v) is 4.49. The molecule has 0 aromatic rings. The van der Waals surface area contributed by atoms with E-state index in [0.29, 0.717) is 65.1 Å².